The predicted octanol–water partition coefficient (Wildman–Crippen LogP) is 5.46. The molecule has 6 rings (SSSR count). The number of aliphatic hydroxyl groups is 1. The maximum Gasteiger partial charge on any atom is 0.301 e. The number of benzene rings is 3. The molecule has 10 heteroatoms. The number of ketones is 1. The van der Waals surface area contributed by atoms with Crippen molar-refractivity contribution in [2.75, 3.05) is 4.90 Å². The number of carbonyl (C=O) groups is 2. The molecule has 9 nitrogen and oxygen atoms in total. The number of ether oxygens (including phenoxy) is 1. The summed E-state index contributed by atoms with van der Waals surface area (Å²) < 4.78 is 6.59. The maximum absolute atomic E-state index is 13.5. The molecule has 0 unspecified atom stereocenters. The lowest BCUT2D eigenvalue weighted by molar-refractivity contribution is -0.384. The van der Waals surface area contributed by atoms with Crippen LogP contribution in [-0.4, -0.2) is 32.8 Å². The Balaban J connectivity index is 1.53. The summed E-state index contributed by atoms with van der Waals surface area (Å²) in [5.41, 5.74) is 3.17. The number of non-ortho nitro benzene ring substituents is 1. The summed E-state index contributed by atoms with van der Waals surface area (Å²) in [6.07, 6.45) is 0.651. The number of hydrogen-bond acceptors (Lipinski definition) is 8. The van der Waals surface area contributed by atoms with Gasteiger partial charge in [0.15, 0.2) is 5.13 Å². The Morgan fingerprint density at radius 3 is 2.63 bits per heavy atom. The van der Waals surface area contributed by atoms with Gasteiger partial charge in [-0.3, -0.25) is 24.6 Å². The number of nitro benzene ring substituents is 1. The van der Waals surface area contributed by atoms with Crippen molar-refractivity contribution in [1.82, 2.24) is 4.98 Å². The van der Waals surface area contributed by atoms with E-state index in [1.165, 1.54) is 40.5 Å². The molecule has 190 valence electrons. The average molecular weight is 528 g/mol. The van der Waals surface area contributed by atoms with E-state index in [2.05, 4.69) is 4.98 Å². The van der Waals surface area contributed by atoms with E-state index in [4.69, 9.17) is 4.74 Å². The van der Waals surface area contributed by atoms with Gasteiger partial charge in [-0.1, -0.05) is 17.4 Å². The molecule has 1 amide bonds. The van der Waals surface area contributed by atoms with Gasteiger partial charge in [-0.15, -0.1) is 0 Å². The van der Waals surface area contributed by atoms with Gasteiger partial charge < -0.3 is 9.84 Å². The first-order chi connectivity index (χ1) is 18.2. The quantitative estimate of drug-likeness (QED) is 0.123. The van der Waals surface area contributed by atoms with Crippen molar-refractivity contribution in [1.29, 1.82) is 0 Å². The Bertz CT molecular complexity index is 1690. The molecule has 0 radical (unpaired) electrons. The predicted molar refractivity (Wildman–Crippen MR) is 142 cm³/mol. The van der Waals surface area contributed by atoms with Crippen molar-refractivity contribution in [3.63, 3.8) is 0 Å². The Labute approximate surface area is 220 Å². The lowest BCUT2D eigenvalue weighted by Crippen LogP contribution is -2.29. The Morgan fingerprint density at radius 1 is 1.13 bits per heavy atom. The second-order valence-corrected chi connectivity index (χ2v) is 10.4. The van der Waals surface area contributed by atoms with Crippen LogP contribution in [0.1, 0.15) is 35.2 Å². The third-order valence-corrected chi connectivity index (χ3v) is 7.79. The first kappa shape index (κ1) is 23.8. The zero-order valence-electron chi connectivity index (χ0n) is 20.4. The van der Waals surface area contributed by atoms with Gasteiger partial charge in [-0.25, -0.2) is 4.98 Å². The van der Waals surface area contributed by atoms with Crippen LogP contribution >= 0.6 is 11.3 Å². The number of fused-ring (bicyclic) bond motifs is 2. The van der Waals surface area contributed by atoms with Crippen LogP contribution in [0, 0.1) is 17.0 Å². The number of anilines is 1. The summed E-state index contributed by atoms with van der Waals surface area (Å²) in [4.78, 5) is 43.5. The molecule has 1 aromatic heterocycles. The first-order valence-electron chi connectivity index (χ1n) is 11.9. The van der Waals surface area contributed by atoms with Crippen molar-refractivity contribution in [2.45, 2.75) is 32.4 Å². The van der Waals surface area contributed by atoms with E-state index in [0.717, 1.165) is 15.8 Å². The second-order valence-electron chi connectivity index (χ2n) is 9.44. The Hall–Kier alpha value is -4.57. The first-order valence-corrected chi connectivity index (χ1v) is 12.8. The van der Waals surface area contributed by atoms with Gasteiger partial charge >= 0.3 is 5.91 Å². The minimum Gasteiger partial charge on any atom is -0.507 e. The monoisotopic (exact) mass is 527 g/mol. The standard InChI is InChI=1S/C28H21N3O6S/c1-14-3-9-20-22(11-14)38-28(29-20)30-24(16-4-7-19(8-5-16)31(35)36)23(26(33)27(30)34)25(32)17-6-10-21-18(13-17)12-15(2)37-21/h3-11,13,15,24,32H,12H2,1-2H3/t15-,24+/m0/s1. The summed E-state index contributed by atoms with van der Waals surface area (Å²) in [5, 5.41) is 23.0. The topological polar surface area (TPSA) is 123 Å². The number of aliphatic hydroxyl groups excluding tert-OH is 1. The third-order valence-electron chi connectivity index (χ3n) is 6.77. The number of amides is 1. The largest absolute Gasteiger partial charge is 0.507 e. The van der Waals surface area contributed by atoms with Gasteiger partial charge in [-0.2, -0.15) is 0 Å². The number of rotatable bonds is 4. The van der Waals surface area contributed by atoms with Gasteiger partial charge in [0.1, 0.15) is 17.6 Å². The van der Waals surface area contributed by atoms with Gasteiger partial charge in [0.05, 0.1) is 26.8 Å². The molecule has 2 aliphatic rings. The highest BCUT2D eigenvalue weighted by molar-refractivity contribution is 7.22. The molecule has 2 atom stereocenters. The highest BCUT2D eigenvalue weighted by atomic mass is 32.1. The smallest absolute Gasteiger partial charge is 0.301 e. The molecule has 3 aromatic carbocycles. The van der Waals surface area contributed by atoms with Gasteiger partial charge in [0.25, 0.3) is 11.5 Å². The van der Waals surface area contributed by atoms with E-state index in [1.54, 1.807) is 18.2 Å². The van der Waals surface area contributed by atoms with E-state index in [0.29, 0.717) is 33.9 Å². The summed E-state index contributed by atoms with van der Waals surface area (Å²) >= 11 is 1.26. The van der Waals surface area contributed by atoms with Crippen molar-refractivity contribution in [2.24, 2.45) is 0 Å². The number of aryl methyl sites for hydroxylation is 1. The summed E-state index contributed by atoms with van der Waals surface area (Å²) in [7, 11) is 0. The van der Waals surface area contributed by atoms with Crippen LogP contribution in [0.5, 0.6) is 5.75 Å². The molecular formula is C28H21N3O6S. The minimum absolute atomic E-state index is 0.00393. The molecule has 2 aliphatic heterocycles. The lowest BCUT2D eigenvalue weighted by Gasteiger charge is -2.23. The number of Topliss-reactive ketones (excluding diaryl/α,β-unsaturated/α-hetero) is 1. The van der Waals surface area contributed by atoms with Crippen LogP contribution in [-0.2, 0) is 16.0 Å². The van der Waals surface area contributed by atoms with Crippen LogP contribution in [0.25, 0.3) is 16.0 Å². The van der Waals surface area contributed by atoms with Crippen LogP contribution < -0.4 is 9.64 Å². The molecule has 3 heterocycles. The molecule has 1 fully saturated rings. The molecule has 0 spiro atoms. The molecule has 0 saturated carbocycles. The highest BCUT2D eigenvalue weighted by Crippen LogP contribution is 2.45. The van der Waals surface area contributed by atoms with Crippen molar-refractivity contribution in [3.05, 3.63) is 98.6 Å². The van der Waals surface area contributed by atoms with E-state index in [-0.39, 0.29) is 23.1 Å². The third kappa shape index (κ3) is 3.81. The van der Waals surface area contributed by atoms with E-state index in [1.807, 2.05) is 32.0 Å². The fourth-order valence-electron chi connectivity index (χ4n) is 4.97. The van der Waals surface area contributed by atoms with Crippen LogP contribution in [0.4, 0.5) is 10.8 Å². The summed E-state index contributed by atoms with van der Waals surface area (Å²) in [6, 6.07) is 15.4. The van der Waals surface area contributed by atoms with E-state index < -0.39 is 22.7 Å². The van der Waals surface area contributed by atoms with E-state index >= 15 is 0 Å². The lowest BCUT2D eigenvalue weighted by atomic mass is 9.94. The number of aromatic nitrogens is 1. The van der Waals surface area contributed by atoms with Crippen molar-refractivity contribution >= 4 is 49.8 Å². The van der Waals surface area contributed by atoms with Gasteiger partial charge in [-0.05, 0) is 73.0 Å². The van der Waals surface area contributed by atoms with Crippen LogP contribution in [0.15, 0.2) is 66.2 Å². The SMILES string of the molecule is Cc1ccc2nc(N3C(=O)C(=O)C(=C(O)c4ccc5c(c4)C[C@H](C)O5)[C@H]3c3ccc([N+](=O)[O-])cc3)sc2c1. The Morgan fingerprint density at radius 2 is 1.89 bits per heavy atom. The van der Waals surface area contributed by atoms with Gasteiger partial charge in [0.2, 0.25) is 0 Å². The van der Waals surface area contributed by atoms with Gasteiger partial charge in [0, 0.05) is 24.1 Å². The molecular weight excluding hydrogens is 506 g/mol. The zero-order chi connectivity index (χ0) is 26.7. The maximum atomic E-state index is 13.5. The normalized spacial score (nSPS) is 20.1. The molecule has 1 N–H and O–H groups in total. The highest BCUT2D eigenvalue weighted by Gasteiger charge is 2.48. The number of hydrogen-bond donors (Lipinski definition) is 1. The fraction of sp³-hybridized carbons (Fsp3) is 0.179. The summed E-state index contributed by atoms with van der Waals surface area (Å²) in [5.74, 6) is -1.30. The van der Waals surface area contributed by atoms with Crippen molar-refractivity contribution < 1.29 is 24.4 Å². The van der Waals surface area contributed by atoms with Crippen LogP contribution in [0.2, 0.25) is 0 Å². The molecule has 38 heavy (non-hydrogen) atoms. The number of nitro groups is 1. The molecule has 0 aliphatic carbocycles. The number of nitrogens with zero attached hydrogens (tertiary/aromatic N) is 3. The molecule has 1 saturated heterocycles. The Kier molecular flexibility index (Phi) is 5.50. The second kappa shape index (κ2) is 8.77. The minimum atomic E-state index is -1.03. The average Bonchev–Trinajstić information content (AvgIpc) is 3.55. The molecule has 0 bridgehead atoms. The summed E-state index contributed by atoms with van der Waals surface area (Å²) in [6.45, 7) is 3.89. The fourth-order valence-corrected chi connectivity index (χ4v) is 6.06. The number of carbonyl (C=O) groups excluding carboxylic acids is 2. The zero-order valence-corrected chi connectivity index (χ0v) is 21.2. The van der Waals surface area contributed by atoms with E-state index in [9.17, 15) is 24.8 Å². The number of thiazole rings is 1. The van der Waals surface area contributed by atoms with Crippen LogP contribution in [0.3, 0.4) is 0 Å². The van der Waals surface area contributed by atoms with Crippen molar-refractivity contribution in [3.8, 4) is 5.75 Å². The molecule has 4 aromatic rings.